The molecule has 3 aromatic heterocycles. The minimum absolute atomic E-state index is 0.0399. The summed E-state index contributed by atoms with van der Waals surface area (Å²) in [5.74, 6) is -0.116. The number of hydrogen-bond donors (Lipinski definition) is 5. The van der Waals surface area contributed by atoms with Gasteiger partial charge in [-0.3, -0.25) is 10.2 Å². The molecule has 0 aromatic carbocycles. The SMILES string of the molecule is CNC(=N)c1c(O)nsc1Nc1ccc(C(=O)Nc2ccccn2)nc1. The average Bonchev–Trinajstić information content (AvgIpc) is 3.02. The van der Waals surface area contributed by atoms with Crippen molar-refractivity contribution in [2.75, 3.05) is 17.7 Å². The number of nitrogens with one attached hydrogen (secondary N) is 4. The normalized spacial score (nSPS) is 10.2. The third-order valence-electron chi connectivity index (χ3n) is 3.33. The topological polar surface area (TPSA) is 136 Å². The molecule has 0 radical (unpaired) electrons. The van der Waals surface area contributed by atoms with Gasteiger partial charge in [0.1, 0.15) is 27.9 Å². The molecule has 3 rings (SSSR count). The van der Waals surface area contributed by atoms with Crippen molar-refractivity contribution in [2.24, 2.45) is 0 Å². The second-order valence-electron chi connectivity index (χ2n) is 5.06. The minimum atomic E-state index is -0.372. The Kier molecular flexibility index (Phi) is 5.04. The fourth-order valence-electron chi connectivity index (χ4n) is 2.07. The van der Waals surface area contributed by atoms with Gasteiger partial charge in [-0.2, -0.15) is 4.37 Å². The molecule has 132 valence electrons. The van der Waals surface area contributed by atoms with E-state index in [4.69, 9.17) is 5.41 Å². The summed E-state index contributed by atoms with van der Waals surface area (Å²) < 4.78 is 3.84. The van der Waals surface area contributed by atoms with Crippen LogP contribution in [0.3, 0.4) is 0 Å². The van der Waals surface area contributed by atoms with Crippen LogP contribution in [0.25, 0.3) is 0 Å². The fourth-order valence-corrected chi connectivity index (χ4v) is 2.78. The molecule has 0 spiro atoms. The maximum absolute atomic E-state index is 12.2. The highest BCUT2D eigenvalue weighted by Crippen LogP contribution is 2.31. The van der Waals surface area contributed by atoms with Crippen molar-refractivity contribution in [1.82, 2.24) is 19.7 Å². The lowest BCUT2D eigenvalue weighted by Gasteiger charge is -2.08. The maximum atomic E-state index is 12.2. The van der Waals surface area contributed by atoms with E-state index in [1.54, 1.807) is 43.6 Å². The predicted octanol–water partition coefficient (Wildman–Crippen LogP) is 2.18. The summed E-state index contributed by atoms with van der Waals surface area (Å²) in [7, 11) is 1.58. The lowest BCUT2D eigenvalue weighted by molar-refractivity contribution is 0.102. The van der Waals surface area contributed by atoms with Crippen molar-refractivity contribution in [2.45, 2.75) is 0 Å². The molecular formula is C16H15N7O2S. The molecular weight excluding hydrogens is 354 g/mol. The number of aromatic hydroxyl groups is 1. The van der Waals surface area contributed by atoms with Crippen molar-refractivity contribution >= 4 is 39.8 Å². The van der Waals surface area contributed by atoms with Gasteiger partial charge in [-0.1, -0.05) is 6.07 Å². The van der Waals surface area contributed by atoms with E-state index >= 15 is 0 Å². The summed E-state index contributed by atoms with van der Waals surface area (Å²) in [4.78, 5) is 20.3. The highest BCUT2D eigenvalue weighted by Gasteiger charge is 2.17. The summed E-state index contributed by atoms with van der Waals surface area (Å²) in [6, 6.07) is 8.44. The van der Waals surface area contributed by atoms with E-state index in [9.17, 15) is 9.90 Å². The summed E-state index contributed by atoms with van der Waals surface area (Å²) in [5, 5.41) is 26.4. The van der Waals surface area contributed by atoms with E-state index in [1.807, 2.05) is 0 Å². The van der Waals surface area contributed by atoms with Crippen LogP contribution in [0, 0.1) is 5.41 Å². The number of anilines is 3. The van der Waals surface area contributed by atoms with Crippen molar-refractivity contribution in [3.8, 4) is 5.88 Å². The number of hydrogen-bond acceptors (Lipinski definition) is 8. The van der Waals surface area contributed by atoms with Crippen LogP contribution in [-0.2, 0) is 0 Å². The van der Waals surface area contributed by atoms with Crippen LogP contribution < -0.4 is 16.0 Å². The number of amidine groups is 1. The molecule has 1 amide bonds. The number of carbonyl (C=O) groups is 1. The van der Waals surface area contributed by atoms with Crippen LogP contribution in [0.1, 0.15) is 16.1 Å². The zero-order valence-electron chi connectivity index (χ0n) is 13.6. The van der Waals surface area contributed by atoms with E-state index in [0.717, 1.165) is 11.5 Å². The molecule has 0 saturated heterocycles. The van der Waals surface area contributed by atoms with Gasteiger partial charge >= 0.3 is 0 Å². The van der Waals surface area contributed by atoms with Crippen LogP contribution in [0.5, 0.6) is 5.88 Å². The first kappa shape index (κ1) is 17.3. The van der Waals surface area contributed by atoms with Gasteiger partial charge in [0.25, 0.3) is 5.91 Å². The van der Waals surface area contributed by atoms with Crippen LogP contribution in [0.4, 0.5) is 16.5 Å². The predicted molar refractivity (Wildman–Crippen MR) is 99.4 cm³/mol. The standard InChI is InChI=1S/C16H15N7O2S/c1-18-13(17)12-15(25)23-26-16(12)21-9-5-6-10(20-8-9)14(24)22-11-4-2-3-7-19-11/h2-8,21H,1H3,(H2,17,18)(H,23,25)(H,19,22,24). The Morgan fingerprint density at radius 1 is 1.23 bits per heavy atom. The van der Waals surface area contributed by atoms with Crippen molar-refractivity contribution in [3.63, 3.8) is 0 Å². The minimum Gasteiger partial charge on any atom is -0.492 e. The highest BCUT2D eigenvalue weighted by atomic mass is 32.1. The summed E-state index contributed by atoms with van der Waals surface area (Å²) in [5.41, 5.74) is 1.10. The second kappa shape index (κ2) is 7.57. The number of rotatable bonds is 5. The van der Waals surface area contributed by atoms with E-state index in [-0.39, 0.29) is 28.9 Å². The van der Waals surface area contributed by atoms with E-state index < -0.39 is 0 Å². The Morgan fingerprint density at radius 2 is 2.08 bits per heavy atom. The third-order valence-corrected chi connectivity index (χ3v) is 4.09. The Hall–Kier alpha value is -3.53. The molecule has 0 aliphatic carbocycles. The molecule has 26 heavy (non-hydrogen) atoms. The molecule has 0 bridgehead atoms. The van der Waals surface area contributed by atoms with E-state index in [0.29, 0.717) is 16.5 Å². The summed E-state index contributed by atoms with van der Waals surface area (Å²) in [6.45, 7) is 0. The molecule has 9 nitrogen and oxygen atoms in total. The van der Waals surface area contributed by atoms with Gasteiger partial charge in [0.15, 0.2) is 0 Å². The summed E-state index contributed by atoms with van der Waals surface area (Å²) >= 11 is 1.02. The first-order valence-electron chi connectivity index (χ1n) is 7.49. The van der Waals surface area contributed by atoms with Gasteiger partial charge in [0.2, 0.25) is 5.88 Å². The van der Waals surface area contributed by atoms with Gasteiger partial charge in [0, 0.05) is 13.2 Å². The summed E-state index contributed by atoms with van der Waals surface area (Å²) in [6.07, 6.45) is 3.07. The second-order valence-corrected chi connectivity index (χ2v) is 5.83. The lowest BCUT2D eigenvalue weighted by Crippen LogP contribution is -2.18. The van der Waals surface area contributed by atoms with Crippen LogP contribution in [-0.4, -0.2) is 38.2 Å². The number of carbonyl (C=O) groups excluding carboxylic acids is 1. The molecule has 3 aromatic rings. The largest absolute Gasteiger partial charge is 0.492 e. The molecule has 10 heteroatoms. The number of pyridine rings is 2. The highest BCUT2D eigenvalue weighted by molar-refractivity contribution is 7.11. The zero-order chi connectivity index (χ0) is 18.5. The van der Waals surface area contributed by atoms with E-state index in [1.165, 1.54) is 6.20 Å². The molecule has 0 aliphatic rings. The Bertz CT molecular complexity index is 926. The zero-order valence-corrected chi connectivity index (χ0v) is 14.5. The molecule has 0 fully saturated rings. The van der Waals surface area contributed by atoms with Gasteiger partial charge in [0.05, 0.1) is 11.9 Å². The third kappa shape index (κ3) is 3.75. The van der Waals surface area contributed by atoms with Crippen LogP contribution in [0.15, 0.2) is 42.7 Å². The quantitative estimate of drug-likeness (QED) is 0.343. The van der Waals surface area contributed by atoms with Crippen LogP contribution >= 0.6 is 11.5 Å². The fraction of sp³-hybridized carbons (Fsp3) is 0.0625. The monoisotopic (exact) mass is 369 g/mol. The molecule has 0 unspecified atom stereocenters. The van der Waals surface area contributed by atoms with E-state index in [2.05, 4.69) is 30.3 Å². The number of amides is 1. The first-order chi connectivity index (χ1) is 12.6. The average molecular weight is 369 g/mol. The van der Waals surface area contributed by atoms with Gasteiger partial charge < -0.3 is 21.1 Å². The van der Waals surface area contributed by atoms with Gasteiger partial charge in [-0.25, -0.2) is 9.97 Å². The van der Waals surface area contributed by atoms with Gasteiger partial charge in [-0.15, -0.1) is 0 Å². The molecule has 5 N–H and O–H groups in total. The Labute approximate surface area is 152 Å². The Morgan fingerprint density at radius 3 is 2.73 bits per heavy atom. The van der Waals surface area contributed by atoms with Crippen LogP contribution in [0.2, 0.25) is 0 Å². The van der Waals surface area contributed by atoms with Crippen molar-refractivity contribution < 1.29 is 9.90 Å². The maximum Gasteiger partial charge on any atom is 0.275 e. The number of aromatic nitrogens is 3. The molecule has 0 aliphatic heterocycles. The lowest BCUT2D eigenvalue weighted by atomic mass is 10.2. The Balaban J connectivity index is 1.72. The molecule has 0 saturated carbocycles. The smallest absolute Gasteiger partial charge is 0.275 e. The van der Waals surface area contributed by atoms with Gasteiger partial charge in [-0.05, 0) is 35.8 Å². The number of nitrogens with zero attached hydrogens (tertiary/aromatic N) is 3. The molecule has 3 heterocycles. The first-order valence-corrected chi connectivity index (χ1v) is 8.26. The van der Waals surface area contributed by atoms with Crippen molar-refractivity contribution in [1.29, 1.82) is 5.41 Å². The van der Waals surface area contributed by atoms with Crippen molar-refractivity contribution in [3.05, 3.63) is 54.0 Å². The molecule has 0 atom stereocenters.